The SMILES string of the molecule is C#CCOc1ccccc1/C=N\Nc1cn[nH]c(=O)c1Cl. The third kappa shape index (κ3) is 3.84. The summed E-state index contributed by atoms with van der Waals surface area (Å²) in [7, 11) is 0. The molecular formula is C14H11ClN4O2. The van der Waals surface area contributed by atoms with Crippen LogP contribution in [0.25, 0.3) is 0 Å². The summed E-state index contributed by atoms with van der Waals surface area (Å²) >= 11 is 5.81. The van der Waals surface area contributed by atoms with Gasteiger partial charge in [-0.25, -0.2) is 5.10 Å². The molecule has 2 N–H and O–H groups in total. The molecule has 0 atom stereocenters. The van der Waals surface area contributed by atoms with Crippen molar-refractivity contribution in [3.8, 4) is 18.1 Å². The van der Waals surface area contributed by atoms with Crippen molar-refractivity contribution in [2.45, 2.75) is 0 Å². The van der Waals surface area contributed by atoms with Crippen molar-refractivity contribution < 1.29 is 4.74 Å². The van der Waals surface area contributed by atoms with E-state index in [9.17, 15) is 4.79 Å². The second kappa shape index (κ2) is 7.12. The molecule has 6 nitrogen and oxygen atoms in total. The Bertz CT molecular complexity index is 749. The number of halogens is 1. The highest BCUT2D eigenvalue weighted by Crippen LogP contribution is 2.17. The Morgan fingerprint density at radius 2 is 2.33 bits per heavy atom. The number of aromatic amines is 1. The van der Waals surface area contributed by atoms with Gasteiger partial charge in [-0.15, -0.1) is 6.42 Å². The molecule has 7 heteroatoms. The van der Waals surface area contributed by atoms with Crippen molar-refractivity contribution in [2.75, 3.05) is 12.0 Å². The van der Waals surface area contributed by atoms with Crippen LogP contribution < -0.4 is 15.7 Å². The largest absolute Gasteiger partial charge is 0.480 e. The summed E-state index contributed by atoms with van der Waals surface area (Å²) in [4.78, 5) is 11.3. The summed E-state index contributed by atoms with van der Waals surface area (Å²) in [6, 6.07) is 7.26. The van der Waals surface area contributed by atoms with E-state index < -0.39 is 5.56 Å². The fraction of sp³-hybridized carbons (Fsp3) is 0.0714. The number of H-pyrrole nitrogens is 1. The van der Waals surface area contributed by atoms with Gasteiger partial charge in [0.05, 0.1) is 12.4 Å². The minimum atomic E-state index is -0.491. The predicted molar refractivity (Wildman–Crippen MR) is 81.9 cm³/mol. The minimum absolute atomic E-state index is 0.0148. The average Bonchev–Trinajstić information content (AvgIpc) is 2.50. The predicted octanol–water partition coefficient (Wildman–Crippen LogP) is 1.88. The third-order valence-corrected chi connectivity index (χ3v) is 2.79. The number of anilines is 1. The van der Waals surface area contributed by atoms with Gasteiger partial charge in [-0.2, -0.15) is 10.2 Å². The van der Waals surface area contributed by atoms with Crippen LogP contribution in [0.4, 0.5) is 5.69 Å². The van der Waals surface area contributed by atoms with Crippen LogP contribution in [0, 0.1) is 12.3 Å². The fourth-order valence-electron chi connectivity index (χ4n) is 1.47. The van der Waals surface area contributed by atoms with Crippen LogP contribution >= 0.6 is 11.6 Å². The number of benzene rings is 1. The first-order valence-corrected chi connectivity index (χ1v) is 6.27. The first-order chi connectivity index (χ1) is 10.2. The molecule has 0 saturated carbocycles. The van der Waals surface area contributed by atoms with Crippen molar-refractivity contribution in [3.63, 3.8) is 0 Å². The van der Waals surface area contributed by atoms with E-state index in [0.717, 1.165) is 5.56 Å². The second-order valence-corrected chi connectivity index (χ2v) is 4.21. The molecule has 0 fully saturated rings. The highest BCUT2D eigenvalue weighted by Gasteiger charge is 2.03. The fourth-order valence-corrected chi connectivity index (χ4v) is 1.60. The maximum atomic E-state index is 11.3. The molecule has 0 spiro atoms. The van der Waals surface area contributed by atoms with E-state index >= 15 is 0 Å². The number of terminal acetylenes is 1. The van der Waals surface area contributed by atoms with Crippen LogP contribution in [0.3, 0.4) is 0 Å². The molecule has 2 rings (SSSR count). The summed E-state index contributed by atoms with van der Waals surface area (Å²) in [6.45, 7) is 0.169. The second-order valence-electron chi connectivity index (χ2n) is 3.83. The number of hydrazone groups is 1. The van der Waals surface area contributed by atoms with Gasteiger partial charge in [0.15, 0.2) is 0 Å². The molecule has 106 valence electrons. The molecule has 0 aliphatic carbocycles. The van der Waals surface area contributed by atoms with Gasteiger partial charge in [-0.3, -0.25) is 10.2 Å². The van der Waals surface area contributed by atoms with Crippen molar-refractivity contribution in [2.24, 2.45) is 5.10 Å². The van der Waals surface area contributed by atoms with E-state index in [1.54, 1.807) is 6.07 Å². The van der Waals surface area contributed by atoms with Crippen LogP contribution in [0.15, 0.2) is 40.4 Å². The number of hydrogen-bond donors (Lipinski definition) is 2. The molecule has 1 aromatic heterocycles. The number of aromatic nitrogens is 2. The number of hydrogen-bond acceptors (Lipinski definition) is 5. The normalized spacial score (nSPS) is 10.3. The van der Waals surface area contributed by atoms with Crippen LogP contribution in [-0.2, 0) is 0 Å². The molecule has 0 radical (unpaired) electrons. The van der Waals surface area contributed by atoms with Gasteiger partial charge < -0.3 is 4.74 Å². The summed E-state index contributed by atoms with van der Waals surface area (Å²) in [6.07, 6.45) is 8.05. The summed E-state index contributed by atoms with van der Waals surface area (Å²) in [5, 5.41) is 9.82. The van der Waals surface area contributed by atoms with Crippen LogP contribution in [-0.4, -0.2) is 23.0 Å². The molecule has 21 heavy (non-hydrogen) atoms. The van der Waals surface area contributed by atoms with Gasteiger partial charge in [-0.1, -0.05) is 29.7 Å². The summed E-state index contributed by atoms with van der Waals surface area (Å²) < 4.78 is 5.38. The maximum absolute atomic E-state index is 11.3. The Morgan fingerprint density at radius 3 is 3.14 bits per heavy atom. The third-order valence-electron chi connectivity index (χ3n) is 2.41. The molecule has 0 bridgehead atoms. The molecule has 0 aliphatic heterocycles. The zero-order valence-electron chi connectivity index (χ0n) is 10.8. The lowest BCUT2D eigenvalue weighted by Crippen LogP contribution is -2.10. The lowest BCUT2D eigenvalue weighted by molar-refractivity contribution is 0.370. The molecule has 1 aromatic carbocycles. The Hall–Kier alpha value is -2.78. The van der Waals surface area contributed by atoms with E-state index in [2.05, 4.69) is 26.6 Å². The Kier molecular flexibility index (Phi) is 4.96. The zero-order valence-corrected chi connectivity index (χ0v) is 11.6. The smallest absolute Gasteiger partial charge is 0.285 e. The van der Waals surface area contributed by atoms with Crippen molar-refractivity contribution in [3.05, 3.63) is 51.4 Å². The van der Waals surface area contributed by atoms with Crippen molar-refractivity contribution in [1.29, 1.82) is 0 Å². The summed E-state index contributed by atoms with van der Waals surface area (Å²) in [5.41, 5.74) is 3.19. The van der Waals surface area contributed by atoms with E-state index in [0.29, 0.717) is 11.4 Å². The van der Waals surface area contributed by atoms with Gasteiger partial charge in [0.25, 0.3) is 5.56 Å². The van der Waals surface area contributed by atoms with Gasteiger partial charge in [0, 0.05) is 5.56 Å². The van der Waals surface area contributed by atoms with Gasteiger partial charge >= 0.3 is 0 Å². The number of rotatable bonds is 5. The topological polar surface area (TPSA) is 79.4 Å². The Labute approximate surface area is 125 Å². The Morgan fingerprint density at radius 1 is 1.52 bits per heavy atom. The molecular weight excluding hydrogens is 292 g/mol. The number of para-hydroxylation sites is 1. The molecule has 0 amide bonds. The Balaban J connectivity index is 2.13. The number of nitrogens with one attached hydrogen (secondary N) is 2. The minimum Gasteiger partial charge on any atom is -0.480 e. The van der Waals surface area contributed by atoms with E-state index in [4.69, 9.17) is 22.8 Å². The maximum Gasteiger partial charge on any atom is 0.285 e. The average molecular weight is 303 g/mol. The monoisotopic (exact) mass is 302 g/mol. The lowest BCUT2D eigenvalue weighted by Gasteiger charge is -2.05. The number of ether oxygens (including phenoxy) is 1. The highest BCUT2D eigenvalue weighted by molar-refractivity contribution is 6.32. The van der Waals surface area contributed by atoms with E-state index in [1.165, 1.54) is 12.4 Å². The van der Waals surface area contributed by atoms with Gasteiger partial charge in [-0.05, 0) is 12.1 Å². The van der Waals surface area contributed by atoms with Crippen molar-refractivity contribution >= 4 is 23.5 Å². The van der Waals surface area contributed by atoms with Crippen LogP contribution in [0.2, 0.25) is 5.02 Å². The standard InChI is InChI=1S/C14H11ClN4O2/c1-2-7-21-12-6-4-3-5-10(12)8-16-18-11-9-17-19-14(20)13(11)15/h1,3-6,8-9H,7H2,(H2,18,19,20)/b16-8-. The van der Waals surface area contributed by atoms with Crippen molar-refractivity contribution in [1.82, 2.24) is 10.2 Å². The quantitative estimate of drug-likeness (QED) is 0.502. The number of nitrogens with zero attached hydrogens (tertiary/aromatic N) is 2. The van der Waals surface area contributed by atoms with Crippen LogP contribution in [0.1, 0.15) is 5.56 Å². The molecule has 1 heterocycles. The first kappa shape index (κ1) is 14.6. The molecule has 0 unspecified atom stereocenters. The van der Waals surface area contributed by atoms with Gasteiger partial charge in [0.1, 0.15) is 23.1 Å². The summed E-state index contributed by atoms with van der Waals surface area (Å²) in [5.74, 6) is 3.00. The van der Waals surface area contributed by atoms with E-state index in [1.807, 2.05) is 18.2 Å². The van der Waals surface area contributed by atoms with E-state index in [-0.39, 0.29) is 11.6 Å². The van der Waals surface area contributed by atoms with Crippen LogP contribution in [0.5, 0.6) is 5.75 Å². The van der Waals surface area contributed by atoms with Gasteiger partial charge in [0.2, 0.25) is 0 Å². The zero-order chi connectivity index (χ0) is 15.1. The molecule has 2 aromatic rings. The highest BCUT2D eigenvalue weighted by atomic mass is 35.5. The molecule has 0 saturated heterocycles. The first-order valence-electron chi connectivity index (χ1n) is 5.90. The lowest BCUT2D eigenvalue weighted by atomic mass is 10.2. The molecule has 0 aliphatic rings.